The number of sulfonamides is 1. The van der Waals surface area contributed by atoms with Crippen LogP contribution in [0.2, 0.25) is 0 Å². The average Bonchev–Trinajstić information content (AvgIpc) is 2.91. The topological polar surface area (TPSA) is 116 Å². The predicted octanol–water partition coefficient (Wildman–Crippen LogP) is 2.81. The number of benzene rings is 1. The van der Waals surface area contributed by atoms with Gasteiger partial charge in [0.15, 0.2) is 5.75 Å². The highest BCUT2D eigenvalue weighted by molar-refractivity contribution is 7.89. The fourth-order valence-corrected chi connectivity index (χ4v) is 3.97. The number of ether oxygens (including phenoxy) is 1. The average molecular weight is 383 g/mol. The maximum atomic E-state index is 12.6. The minimum absolute atomic E-state index is 0.0199. The van der Waals surface area contributed by atoms with E-state index in [2.05, 4.69) is 5.16 Å². The Morgan fingerprint density at radius 3 is 2.42 bits per heavy atom. The molecule has 0 aliphatic rings. The van der Waals surface area contributed by atoms with Crippen molar-refractivity contribution in [3.8, 4) is 5.75 Å². The summed E-state index contributed by atoms with van der Waals surface area (Å²) in [5.41, 5.74) is 0.912. The van der Waals surface area contributed by atoms with Gasteiger partial charge in [-0.2, -0.15) is 4.31 Å². The van der Waals surface area contributed by atoms with Gasteiger partial charge in [0.2, 0.25) is 10.0 Å². The largest absolute Gasteiger partial charge is 0.482 e. The molecule has 0 radical (unpaired) electrons. The van der Waals surface area contributed by atoms with Crippen LogP contribution in [0.4, 0.5) is 5.69 Å². The molecule has 10 heteroatoms. The second kappa shape index (κ2) is 7.83. The van der Waals surface area contributed by atoms with Crippen molar-refractivity contribution in [2.45, 2.75) is 39.2 Å². The normalized spacial score (nSPS) is 11.7. The number of nitrogens with zero attached hydrogens (tertiary/aromatic N) is 3. The van der Waals surface area contributed by atoms with Gasteiger partial charge in [0, 0.05) is 19.2 Å². The molecule has 0 N–H and O–H groups in total. The van der Waals surface area contributed by atoms with Crippen LogP contribution in [-0.2, 0) is 16.6 Å². The summed E-state index contributed by atoms with van der Waals surface area (Å²) in [6.45, 7) is 7.45. The third kappa shape index (κ3) is 3.86. The molecule has 26 heavy (non-hydrogen) atoms. The number of rotatable bonds is 8. The first-order valence-electron chi connectivity index (χ1n) is 8.05. The highest BCUT2D eigenvalue weighted by atomic mass is 32.2. The Balaban J connectivity index is 2.36. The van der Waals surface area contributed by atoms with Crippen molar-refractivity contribution in [1.29, 1.82) is 0 Å². The van der Waals surface area contributed by atoms with Gasteiger partial charge in [-0.05, 0) is 26.0 Å². The molecule has 0 bridgehead atoms. The summed E-state index contributed by atoms with van der Waals surface area (Å²) in [6, 6.07) is 3.63. The second-order valence-electron chi connectivity index (χ2n) is 5.57. The Bertz CT molecular complexity index is 883. The molecule has 0 amide bonds. The molecular weight excluding hydrogens is 362 g/mol. The predicted molar refractivity (Wildman–Crippen MR) is 93.5 cm³/mol. The van der Waals surface area contributed by atoms with Crippen LogP contribution in [0.25, 0.3) is 0 Å². The van der Waals surface area contributed by atoms with Crippen molar-refractivity contribution < 1.29 is 22.6 Å². The van der Waals surface area contributed by atoms with Gasteiger partial charge in [-0.25, -0.2) is 8.42 Å². The third-order valence-corrected chi connectivity index (χ3v) is 6.07. The van der Waals surface area contributed by atoms with Crippen molar-refractivity contribution in [2.24, 2.45) is 0 Å². The SMILES string of the molecule is CCN(CC)S(=O)(=O)c1ccc(OCc2c(C)noc2C)c([N+](=O)[O-])c1. The van der Waals surface area contributed by atoms with Crippen LogP contribution in [0.1, 0.15) is 30.9 Å². The van der Waals surface area contributed by atoms with E-state index < -0.39 is 20.6 Å². The van der Waals surface area contributed by atoms with Crippen molar-refractivity contribution in [3.63, 3.8) is 0 Å². The zero-order valence-electron chi connectivity index (χ0n) is 15.1. The Hall–Kier alpha value is -2.46. The number of nitro benzene ring substituents is 1. The van der Waals surface area contributed by atoms with Gasteiger partial charge in [-0.15, -0.1) is 0 Å². The Kier molecular flexibility index (Phi) is 5.98. The first kappa shape index (κ1) is 19.9. The van der Waals surface area contributed by atoms with E-state index in [1.165, 1.54) is 16.4 Å². The van der Waals surface area contributed by atoms with Gasteiger partial charge in [-0.1, -0.05) is 19.0 Å². The molecule has 2 aromatic rings. The zero-order chi connectivity index (χ0) is 19.5. The van der Waals surface area contributed by atoms with Crippen LogP contribution in [0.5, 0.6) is 5.75 Å². The highest BCUT2D eigenvalue weighted by Crippen LogP contribution is 2.32. The van der Waals surface area contributed by atoms with Gasteiger partial charge in [0.1, 0.15) is 12.4 Å². The fourth-order valence-electron chi connectivity index (χ4n) is 2.49. The van der Waals surface area contributed by atoms with Gasteiger partial charge >= 0.3 is 5.69 Å². The lowest BCUT2D eigenvalue weighted by Crippen LogP contribution is -2.30. The number of aromatic nitrogens is 1. The first-order chi connectivity index (χ1) is 12.2. The second-order valence-corrected chi connectivity index (χ2v) is 7.51. The minimum Gasteiger partial charge on any atom is -0.482 e. The van der Waals surface area contributed by atoms with Gasteiger partial charge in [-0.3, -0.25) is 10.1 Å². The van der Waals surface area contributed by atoms with Crippen molar-refractivity contribution in [2.75, 3.05) is 13.1 Å². The summed E-state index contributed by atoms with van der Waals surface area (Å²) < 4.78 is 36.9. The molecular formula is C16H21N3O6S. The van der Waals surface area contributed by atoms with Crippen molar-refractivity contribution in [1.82, 2.24) is 9.46 Å². The Labute approximate surface area is 151 Å². The molecule has 2 rings (SSSR count). The Morgan fingerprint density at radius 1 is 1.27 bits per heavy atom. The number of hydrogen-bond acceptors (Lipinski definition) is 7. The highest BCUT2D eigenvalue weighted by Gasteiger charge is 2.26. The fraction of sp³-hybridized carbons (Fsp3) is 0.438. The van der Waals surface area contributed by atoms with Crippen molar-refractivity contribution in [3.05, 3.63) is 45.3 Å². The van der Waals surface area contributed by atoms with E-state index in [9.17, 15) is 18.5 Å². The molecule has 0 fully saturated rings. The summed E-state index contributed by atoms with van der Waals surface area (Å²) in [5, 5.41) is 15.2. The molecule has 142 valence electrons. The Morgan fingerprint density at radius 2 is 1.92 bits per heavy atom. The van der Waals surface area contributed by atoms with E-state index >= 15 is 0 Å². The number of hydrogen-bond donors (Lipinski definition) is 0. The molecule has 0 aliphatic carbocycles. The van der Waals surface area contributed by atoms with Crippen LogP contribution in [0, 0.1) is 24.0 Å². The van der Waals surface area contributed by atoms with E-state index in [0.29, 0.717) is 17.0 Å². The third-order valence-electron chi connectivity index (χ3n) is 4.02. The lowest BCUT2D eigenvalue weighted by molar-refractivity contribution is -0.386. The smallest absolute Gasteiger partial charge is 0.312 e. The monoisotopic (exact) mass is 383 g/mol. The molecule has 0 saturated carbocycles. The molecule has 9 nitrogen and oxygen atoms in total. The van der Waals surface area contributed by atoms with Crippen LogP contribution < -0.4 is 4.74 Å². The molecule has 1 heterocycles. The first-order valence-corrected chi connectivity index (χ1v) is 9.49. The van der Waals surface area contributed by atoms with Crippen LogP contribution >= 0.6 is 0 Å². The maximum absolute atomic E-state index is 12.6. The van der Waals surface area contributed by atoms with E-state index in [4.69, 9.17) is 9.26 Å². The number of nitro groups is 1. The van der Waals surface area contributed by atoms with E-state index in [1.807, 2.05) is 0 Å². The lowest BCUT2D eigenvalue weighted by atomic mass is 10.2. The molecule has 1 aromatic carbocycles. The van der Waals surface area contributed by atoms with Crippen LogP contribution in [-0.4, -0.2) is 35.9 Å². The maximum Gasteiger partial charge on any atom is 0.312 e. The van der Waals surface area contributed by atoms with Crippen LogP contribution in [0.15, 0.2) is 27.6 Å². The molecule has 0 unspecified atom stereocenters. The van der Waals surface area contributed by atoms with Crippen LogP contribution in [0.3, 0.4) is 0 Å². The molecule has 0 aliphatic heterocycles. The standard InChI is InChI=1S/C16H21N3O6S/c1-5-18(6-2)26(22,23)13-7-8-16(15(9-13)19(20)21)24-10-14-11(3)17-25-12(14)4/h7-9H,5-6,10H2,1-4H3. The van der Waals surface area contributed by atoms with Gasteiger partial charge < -0.3 is 9.26 Å². The molecule has 0 atom stereocenters. The van der Waals surface area contributed by atoms with E-state index in [1.54, 1.807) is 27.7 Å². The minimum atomic E-state index is -3.80. The van der Waals surface area contributed by atoms with Gasteiger partial charge in [0.25, 0.3) is 0 Å². The quantitative estimate of drug-likeness (QED) is 0.508. The summed E-state index contributed by atoms with van der Waals surface area (Å²) in [6.07, 6.45) is 0. The summed E-state index contributed by atoms with van der Waals surface area (Å²) in [7, 11) is -3.80. The van der Waals surface area contributed by atoms with Gasteiger partial charge in [0.05, 0.1) is 21.1 Å². The zero-order valence-corrected chi connectivity index (χ0v) is 15.9. The summed E-state index contributed by atoms with van der Waals surface area (Å²) in [4.78, 5) is 10.6. The number of aryl methyl sites for hydroxylation is 2. The lowest BCUT2D eigenvalue weighted by Gasteiger charge is -2.18. The van der Waals surface area contributed by atoms with E-state index in [-0.39, 0.29) is 30.3 Å². The van der Waals surface area contributed by atoms with E-state index in [0.717, 1.165) is 6.07 Å². The van der Waals surface area contributed by atoms with Crippen molar-refractivity contribution >= 4 is 15.7 Å². The molecule has 1 aromatic heterocycles. The molecule has 0 spiro atoms. The summed E-state index contributed by atoms with van der Waals surface area (Å²) >= 11 is 0. The summed E-state index contributed by atoms with van der Waals surface area (Å²) in [5.74, 6) is 0.541. The molecule has 0 saturated heterocycles.